The molecule has 0 aliphatic carbocycles. The number of aryl methyl sites for hydroxylation is 1. The maximum absolute atomic E-state index is 13.7. The number of aliphatic hydroxyl groups is 1. The highest BCUT2D eigenvalue weighted by Gasteiger charge is 2.18. The fourth-order valence-electron chi connectivity index (χ4n) is 2.25. The second kappa shape index (κ2) is 6.68. The van der Waals surface area contributed by atoms with Crippen molar-refractivity contribution in [2.75, 3.05) is 6.61 Å². The first-order valence-corrected chi connectivity index (χ1v) is 6.87. The second-order valence-corrected chi connectivity index (χ2v) is 4.89. The predicted octanol–water partition coefficient (Wildman–Crippen LogP) is 3.95. The van der Waals surface area contributed by atoms with Crippen molar-refractivity contribution in [3.8, 4) is 5.75 Å². The van der Waals surface area contributed by atoms with Crippen molar-refractivity contribution in [3.63, 3.8) is 0 Å². The molecule has 2 aromatic carbocycles. The van der Waals surface area contributed by atoms with Gasteiger partial charge in [-0.25, -0.2) is 8.78 Å². The van der Waals surface area contributed by atoms with Crippen LogP contribution >= 0.6 is 0 Å². The lowest BCUT2D eigenvalue weighted by molar-refractivity contribution is 0.169. The highest BCUT2D eigenvalue weighted by molar-refractivity contribution is 5.39. The summed E-state index contributed by atoms with van der Waals surface area (Å²) < 4.78 is 32.8. The molecule has 0 aliphatic heterocycles. The summed E-state index contributed by atoms with van der Waals surface area (Å²) in [5.41, 5.74) is 1.37. The first-order valence-electron chi connectivity index (χ1n) is 6.87. The molecule has 2 nitrogen and oxygen atoms in total. The molecule has 21 heavy (non-hydrogen) atoms. The molecule has 0 amide bonds. The van der Waals surface area contributed by atoms with Gasteiger partial charge in [0.1, 0.15) is 17.4 Å². The van der Waals surface area contributed by atoms with E-state index in [9.17, 15) is 13.9 Å². The molecule has 0 saturated carbocycles. The highest BCUT2D eigenvalue weighted by atomic mass is 19.1. The van der Waals surface area contributed by atoms with Gasteiger partial charge in [-0.2, -0.15) is 0 Å². The van der Waals surface area contributed by atoms with Crippen molar-refractivity contribution < 1.29 is 18.6 Å². The molecule has 4 heteroatoms. The van der Waals surface area contributed by atoms with Crippen LogP contribution in [0.2, 0.25) is 0 Å². The number of hydrogen-bond donors (Lipinski definition) is 1. The van der Waals surface area contributed by atoms with Crippen LogP contribution in [0.3, 0.4) is 0 Å². The van der Waals surface area contributed by atoms with Crippen molar-refractivity contribution in [1.29, 1.82) is 0 Å². The van der Waals surface area contributed by atoms with E-state index >= 15 is 0 Å². The van der Waals surface area contributed by atoms with E-state index in [1.807, 2.05) is 19.9 Å². The third kappa shape index (κ3) is 3.58. The standard InChI is InChI=1S/C17H18F2O2/c1-3-21-17-8-7-11(2)9-13(17)16(20)10-12-14(18)5-4-6-15(12)19/h4-9,16,20H,3,10H2,1-2H3. The Morgan fingerprint density at radius 3 is 2.43 bits per heavy atom. The number of hydrogen-bond acceptors (Lipinski definition) is 2. The number of halogens is 2. The van der Waals surface area contributed by atoms with Crippen molar-refractivity contribution in [3.05, 3.63) is 64.7 Å². The third-order valence-corrected chi connectivity index (χ3v) is 3.28. The summed E-state index contributed by atoms with van der Waals surface area (Å²) in [5, 5.41) is 10.3. The molecule has 2 aromatic rings. The van der Waals surface area contributed by atoms with Crippen LogP contribution in [0.25, 0.3) is 0 Å². The topological polar surface area (TPSA) is 29.5 Å². The molecule has 0 radical (unpaired) electrons. The van der Waals surface area contributed by atoms with Gasteiger partial charge in [0.15, 0.2) is 0 Å². The van der Waals surface area contributed by atoms with E-state index in [1.165, 1.54) is 18.2 Å². The Kier molecular flexibility index (Phi) is 4.91. The van der Waals surface area contributed by atoms with E-state index in [-0.39, 0.29) is 12.0 Å². The van der Waals surface area contributed by atoms with Crippen LogP contribution in [-0.2, 0) is 6.42 Å². The van der Waals surface area contributed by atoms with Crippen LogP contribution in [0.4, 0.5) is 8.78 Å². The molecule has 2 rings (SSSR count). The summed E-state index contributed by atoms with van der Waals surface area (Å²) in [5.74, 6) is -0.772. The van der Waals surface area contributed by atoms with Crippen molar-refractivity contribution in [1.82, 2.24) is 0 Å². The molecular formula is C17H18F2O2. The van der Waals surface area contributed by atoms with Crippen molar-refractivity contribution in [2.24, 2.45) is 0 Å². The Morgan fingerprint density at radius 2 is 1.81 bits per heavy atom. The molecule has 1 N–H and O–H groups in total. The molecule has 0 spiro atoms. The van der Waals surface area contributed by atoms with E-state index in [2.05, 4.69) is 0 Å². The molecule has 0 fully saturated rings. The zero-order valence-electron chi connectivity index (χ0n) is 12.1. The fourth-order valence-corrected chi connectivity index (χ4v) is 2.25. The Hall–Kier alpha value is -1.94. The molecule has 0 bridgehead atoms. The van der Waals surface area contributed by atoms with E-state index in [4.69, 9.17) is 4.74 Å². The summed E-state index contributed by atoms with van der Waals surface area (Å²) in [6, 6.07) is 9.07. The molecular weight excluding hydrogens is 274 g/mol. The zero-order chi connectivity index (χ0) is 15.4. The first-order chi connectivity index (χ1) is 10.0. The second-order valence-electron chi connectivity index (χ2n) is 4.89. The lowest BCUT2D eigenvalue weighted by Gasteiger charge is -2.17. The summed E-state index contributed by atoms with van der Waals surface area (Å²) in [6.07, 6.45) is -1.17. The lowest BCUT2D eigenvalue weighted by atomic mass is 9.98. The van der Waals surface area contributed by atoms with Gasteiger partial charge in [0.25, 0.3) is 0 Å². The Bertz CT molecular complexity index is 606. The summed E-state index contributed by atoms with van der Waals surface area (Å²) in [4.78, 5) is 0. The quantitative estimate of drug-likeness (QED) is 0.904. The zero-order valence-corrected chi connectivity index (χ0v) is 12.1. The SMILES string of the molecule is CCOc1ccc(C)cc1C(O)Cc1c(F)cccc1F. The smallest absolute Gasteiger partial charge is 0.129 e. The minimum absolute atomic E-state index is 0.117. The Morgan fingerprint density at radius 1 is 1.14 bits per heavy atom. The molecule has 0 aliphatic rings. The minimum atomic E-state index is -1.03. The van der Waals surface area contributed by atoms with E-state index in [0.29, 0.717) is 17.9 Å². The average Bonchev–Trinajstić information content (AvgIpc) is 2.45. The van der Waals surface area contributed by atoms with Crippen LogP contribution < -0.4 is 4.74 Å². The van der Waals surface area contributed by atoms with Crippen molar-refractivity contribution >= 4 is 0 Å². The van der Waals surface area contributed by atoms with Crippen LogP contribution in [0, 0.1) is 18.6 Å². The van der Waals surface area contributed by atoms with Gasteiger partial charge in [0, 0.05) is 17.5 Å². The van der Waals surface area contributed by atoms with Crippen LogP contribution in [0.1, 0.15) is 29.7 Å². The molecule has 0 aromatic heterocycles. The average molecular weight is 292 g/mol. The van der Waals surface area contributed by atoms with Gasteiger partial charge < -0.3 is 9.84 Å². The highest BCUT2D eigenvalue weighted by Crippen LogP contribution is 2.30. The van der Waals surface area contributed by atoms with Gasteiger partial charge in [-0.3, -0.25) is 0 Å². The van der Waals surface area contributed by atoms with E-state index in [1.54, 1.807) is 12.1 Å². The number of ether oxygens (including phenoxy) is 1. The first kappa shape index (κ1) is 15.4. The summed E-state index contributed by atoms with van der Waals surface area (Å²) in [6.45, 7) is 4.18. The normalized spacial score (nSPS) is 12.2. The van der Waals surface area contributed by atoms with Gasteiger partial charge in [-0.05, 0) is 38.1 Å². The van der Waals surface area contributed by atoms with Crippen molar-refractivity contribution in [2.45, 2.75) is 26.4 Å². The van der Waals surface area contributed by atoms with Gasteiger partial charge >= 0.3 is 0 Å². The Balaban J connectivity index is 2.32. The predicted molar refractivity (Wildman–Crippen MR) is 77.4 cm³/mol. The van der Waals surface area contributed by atoms with Gasteiger partial charge in [-0.1, -0.05) is 17.7 Å². The summed E-state index contributed by atoms with van der Waals surface area (Å²) in [7, 11) is 0. The minimum Gasteiger partial charge on any atom is -0.493 e. The van der Waals surface area contributed by atoms with E-state index in [0.717, 1.165) is 5.56 Å². The van der Waals surface area contributed by atoms with E-state index < -0.39 is 17.7 Å². The van der Waals surface area contributed by atoms with Crippen LogP contribution in [-0.4, -0.2) is 11.7 Å². The van der Waals surface area contributed by atoms with Gasteiger partial charge in [0.2, 0.25) is 0 Å². The summed E-state index contributed by atoms with van der Waals surface area (Å²) >= 11 is 0. The number of benzene rings is 2. The number of aliphatic hydroxyl groups excluding tert-OH is 1. The molecule has 1 atom stereocenters. The molecule has 0 heterocycles. The maximum atomic E-state index is 13.7. The third-order valence-electron chi connectivity index (χ3n) is 3.28. The number of rotatable bonds is 5. The van der Waals surface area contributed by atoms with Crippen LogP contribution in [0.5, 0.6) is 5.75 Å². The molecule has 112 valence electrons. The largest absolute Gasteiger partial charge is 0.493 e. The fraction of sp³-hybridized carbons (Fsp3) is 0.294. The van der Waals surface area contributed by atoms with Crippen LogP contribution in [0.15, 0.2) is 36.4 Å². The van der Waals surface area contributed by atoms with Gasteiger partial charge in [0.05, 0.1) is 12.7 Å². The molecule has 0 saturated heterocycles. The lowest BCUT2D eigenvalue weighted by Crippen LogP contribution is -2.08. The maximum Gasteiger partial charge on any atom is 0.129 e. The Labute approximate surface area is 123 Å². The molecule has 1 unspecified atom stereocenters. The van der Waals surface area contributed by atoms with Gasteiger partial charge in [-0.15, -0.1) is 0 Å². The monoisotopic (exact) mass is 292 g/mol.